The van der Waals surface area contributed by atoms with Crippen molar-refractivity contribution in [3.8, 4) is 5.75 Å². The number of thioether (sulfide) groups is 1. The van der Waals surface area contributed by atoms with E-state index in [0.717, 1.165) is 16.9 Å². The Bertz CT molecular complexity index is 616. The van der Waals surface area contributed by atoms with Gasteiger partial charge in [0.1, 0.15) is 11.1 Å². The van der Waals surface area contributed by atoms with E-state index in [4.69, 9.17) is 4.74 Å². The molecule has 1 atom stereocenters. The van der Waals surface area contributed by atoms with E-state index >= 15 is 0 Å². The van der Waals surface area contributed by atoms with Crippen LogP contribution in [-0.2, 0) is 11.3 Å². The number of carbonyl (C=O) groups excluding carboxylic acids is 1. The van der Waals surface area contributed by atoms with E-state index < -0.39 is 0 Å². The molecule has 0 bridgehead atoms. The molecule has 0 N–H and O–H groups in total. The highest BCUT2D eigenvalue weighted by molar-refractivity contribution is 8.00. The Labute approximate surface area is 128 Å². The third-order valence-electron chi connectivity index (χ3n) is 3.44. The number of amides is 1. The van der Waals surface area contributed by atoms with Crippen LogP contribution in [0.3, 0.4) is 0 Å². The molecule has 0 aliphatic carbocycles. The molecule has 1 unspecified atom stereocenters. The molecule has 5 heteroatoms. The zero-order valence-electron chi connectivity index (χ0n) is 11.7. The number of nitrogens with zero attached hydrogens (tertiary/aromatic N) is 2. The summed E-state index contributed by atoms with van der Waals surface area (Å²) in [4.78, 5) is 18.2. The SMILES string of the molecule is COc1ccc(C2SCC(=O)N2Cc2cccnc2)cc1. The van der Waals surface area contributed by atoms with Gasteiger partial charge in [-0.15, -0.1) is 11.8 Å². The first-order chi connectivity index (χ1) is 10.3. The number of hydrogen-bond acceptors (Lipinski definition) is 4. The van der Waals surface area contributed by atoms with E-state index in [1.54, 1.807) is 31.3 Å². The average molecular weight is 300 g/mol. The Kier molecular flexibility index (Phi) is 4.10. The minimum Gasteiger partial charge on any atom is -0.497 e. The number of ether oxygens (including phenoxy) is 1. The monoisotopic (exact) mass is 300 g/mol. The van der Waals surface area contributed by atoms with Crippen LogP contribution in [0.25, 0.3) is 0 Å². The van der Waals surface area contributed by atoms with Crippen LogP contribution in [0.4, 0.5) is 0 Å². The zero-order chi connectivity index (χ0) is 14.7. The lowest BCUT2D eigenvalue weighted by atomic mass is 10.2. The van der Waals surface area contributed by atoms with Crippen LogP contribution in [0.1, 0.15) is 16.5 Å². The van der Waals surface area contributed by atoms with Crippen LogP contribution < -0.4 is 4.74 Å². The van der Waals surface area contributed by atoms with Gasteiger partial charge in [-0.3, -0.25) is 9.78 Å². The lowest BCUT2D eigenvalue weighted by Crippen LogP contribution is -2.27. The largest absolute Gasteiger partial charge is 0.497 e. The first-order valence-corrected chi connectivity index (χ1v) is 7.77. The van der Waals surface area contributed by atoms with Crippen molar-refractivity contribution >= 4 is 17.7 Å². The van der Waals surface area contributed by atoms with Crippen LogP contribution in [-0.4, -0.2) is 28.7 Å². The van der Waals surface area contributed by atoms with E-state index in [1.807, 2.05) is 41.3 Å². The maximum atomic E-state index is 12.1. The summed E-state index contributed by atoms with van der Waals surface area (Å²) in [6.45, 7) is 0.594. The molecule has 1 aliphatic heterocycles. The highest BCUT2D eigenvalue weighted by Crippen LogP contribution is 2.39. The van der Waals surface area contributed by atoms with Crippen molar-refractivity contribution in [3.05, 3.63) is 59.9 Å². The summed E-state index contributed by atoms with van der Waals surface area (Å²) in [6, 6.07) is 11.8. The molecule has 1 aliphatic rings. The van der Waals surface area contributed by atoms with Gasteiger partial charge in [0, 0.05) is 18.9 Å². The Morgan fingerprint density at radius 1 is 1.33 bits per heavy atom. The van der Waals surface area contributed by atoms with Gasteiger partial charge in [-0.1, -0.05) is 18.2 Å². The summed E-state index contributed by atoms with van der Waals surface area (Å²) in [5, 5.41) is 0.0589. The third kappa shape index (κ3) is 3.03. The molecular formula is C16H16N2O2S. The fourth-order valence-corrected chi connectivity index (χ4v) is 3.55. The Morgan fingerprint density at radius 3 is 2.81 bits per heavy atom. The molecule has 0 saturated carbocycles. The summed E-state index contributed by atoms with van der Waals surface area (Å²) in [5.41, 5.74) is 2.17. The number of rotatable bonds is 4. The van der Waals surface area contributed by atoms with Gasteiger partial charge in [0.2, 0.25) is 5.91 Å². The highest BCUT2D eigenvalue weighted by atomic mass is 32.2. The van der Waals surface area contributed by atoms with Crippen molar-refractivity contribution in [1.82, 2.24) is 9.88 Å². The van der Waals surface area contributed by atoms with Gasteiger partial charge in [0.25, 0.3) is 0 Å². The van der Waals surface area contributed by atoms with Gasteiger partial charge in [0.15, 0.2) is 0 Å². The summed E-state index contributed by atoms with van der Waals surface area (Å²) < 4.78 is 5.18. The van der Waals surface area contributed by atoms with Crippen LogP contribution in [0.2, 0.25) is 0 Å². The van der Waals surface area contributed by atoms with Crippen molar-refractivity contribution in [3.63, 3.8) is 0 Å². The molecule has 1 saturated heterocycles. The first-order valence-electron chi connectivity index (χ1n) is 6.72. The molecule has 1 fully saturated rings. The molecule has 21 heavy (non-hydrogen) atoms. The minimum atomic E-state index is 0.0589. The fraction of sp³-hybridized carbons (Fsp3) is 0.250. The van der Waals surface area contributed by atoms with E-state index in [0.29, 0.717) is 12.3 Å². The molecule has 108 valence electrons. The van der Waals surface area contributed by atoms with Crippen molar-refractivity contribution in [2.45, 2.75) is 11.9 Å². The topological polar surface area (TPSA) is 42.4 Å². The number of aromatic nitrogens is 1. The molecule has 1 aromatic heterocycles. The average Bonchev–Trinajstić information content (AvgIpc) is 2.90. The molecule has 2 aromatic rings. The second kappa shape index (κ2) is 6.18. The molecule has 0 spiro atoms. The predicted octanol–water partition coefficient (Wildman–Crippen LogP) is 2.86. The smallest absolute Gasteiger partial charge is 0.234 e. The second-order valence-corrected chi connectivity index (χ2v) is 5.89. The maximum Gasteiger partial charge on any atom is 0.234 e. The van der Waals surface area contributed by atoms with Gasteiger partial charge in [-0.25, -0.2) is 0 Å². The summed E-state index contributed by atoms with van der Waals surface area (Å²) in [5.74, 6) is 1.52. The van der Waals surface area contributed by atoms with Crippen molar-refractivity contribution in [1.29, 1.82) is 0 Å². The van der Waals surface area contributed by atoms with E-state index in [1.165, 1.54) is 0 Å². The molecule has 3 rings (SSSR count). The number of carbonyl (C=O) groups is 1. The fourth-order valence-electron chi connectivity index (χ4n) is 2.36. The predicted molar refractivity (Wildman–Crippen MR) is 83.0 cm³/mol. The van der Waals surface area contributed by atoms with E-state index in [2.05, 4.69) is 4.98 Å². The number of methoxy groups -OCH3 is 1. The minimum absolute atomic E-state index is 0.0589. The molecule has 0 radical (unpaired) electrons. The number of benzene rings is 1. The lowest BCUT2D eigenvalue weighted by Gasteiger charge is -2.24. The summed E-state index contributed by atoms with van der Waals surface area (Å²) in [6.07, 6.45) is 3.55. The summed E-state index contributed by atoms with van der Waals surface area (Å²) >= 11 is 1.66. The molecule has 2 heterocycles. The van der Waals surface area contributed by atoms with Gasteiger partial charge in [-0.05, 0) is 29.3 Å². The van der Waals surface area contributed by atoms with Crippen LogP contribution in [0.15, 0.2) is 48.8 Å². The maximum absolute atomic E-state index is 12.1. The van der Waals surface area contributed by atoms with Gasteiger partial charge in [-0.2, -0.15) is 0 Å². The third-order valence-corrected chi connectivity index (χ3v) is 4.70. The molecular weight excluding hydrogens is 284 g/mol. The van der Waals surface area contributed by atoms with E-state index in [-0.39, 0.29) is 11.3 Å². The van der Waals surface area contributed by atoms with Gasteiger partial charge < -0.3 is 9.64 Å². The molecule has 1 aromatic carbocycles. The van der Waals surface area contributed by atoms with Crippen LogP contribution in [0.5, 0.6) is 5.75 Å². The van der Waals surface area contributed by atoms with Crippen LogP contribution in [0, 0.1) is 0 Å². The standard InChI is InChI=1S/C16H16N2O2S/c1-20-14-6-4-13(5-7-14)16-18(15(19)11-21-16)10-12-3-2-8-17-9-12/h2-9,16H,10-11H2,1H3. The highest BCUT2D eigenvalue weighted by Gasteiger charge is 2.32. The Hall–Kier alpha value is -2.01. The molecule has 4 nitrogen and oxygen atoms in total. The first kappa shape index (κ1) is 13.9. The zero-order valence-corrected chi connectivity index (χ0v) is 12.5. The number of hydrogen-bond donors (Lipinski definition) is 0. The lowest BCUT2D eigenvalue weighted by molar-refractivity contribution is -0.128. The normalized spacial score (nSPS) is 18.0. The van der Waals surface area contributed by atoms with Crippen molar-refractivity contribution in [2.75, 3.05) is 12.9 Å². The Balaban J connectivity index is 1.81. The van der Waals surface area contributed by atoms with E-state index in [9.17, 15) is 4.79 Å². The van der Waals surface area contributed by atoms with Crippen LogP contribution >= 0.6 is 11.8 Å². The summed E-state index contributed by atoms with van der Waals surface area (Å²) in [7, 11) is 1.65. The second-order valence-electron chi connectivity index (χ2n) is 4.82. The van der Waals surface area contributed by atoms with Crippen molar-refractivity contribution < 1.29 is 9.53 Å². The number of pyridine rings is 1. The van der Waals surface area contributed by atoms with Gasteiger partial charge >= 0.3 is 0 Å². The Morgan fingerprint density at radius 2 is 2.14 bits per heavy atom. The molecule has 1 amide bonds. The van der Waals surface area contributed by atoms with Crippen molar-refractivity contribution in [2.24, 2.45) is 0 Å². The quantitative estimate of drug-likeness (QED) is 0.871. The van der Waals surface area contributed by atoms with Gasteiger partial charge in [0.05, 0.1) is 12.9 Å².